The number of hydrogen-bond acceptors (Lipinski definition) is 2. The predicted octanol–water partition coefficient (Wildman–Crippen LogP) is 4.21. The van der Waals surface area contributed by atoms with Gasteiger partial charge in [-0.15, -0.1) is 0 Å². The molecule has 2 nitrogen and oxygen atoms in total. The van der Waals surface area contributed by atoms with Crippen LogP contribution in [0.3, 0.4) is 0 Å². The van der Waals surface area contributed by atoms with Crippen molar-refractivity contribution >= 4 is 23.2 Å². The number of ether oxygens (including phenoxy) is 1. The first kappa shape index (κ1) is 14.1. The van der Waals surface area contributed by atoms with Crippen molar-refractivity contribution in [3.63, 3.8) is 0 Å². The molecule has 3 atom stereocenters. The van der Waals surface area contributed by atoms with Gasteiger partial charge in [-0.3, -0.25) is 0 Å². The second-order valence-electron chi connectivity index (χ2n) is 4.76. The molecule has 0 saturated carbocycles. The molecule has 0 radical (unpaired) electrons. The van der Waals surface area contributed by atoms with Gasteiger partial charge in [-0.25, -0.2) is 0 Å². The Morgan fingerprint density at radius 3 is 2.78 bits per heavy atom. The fourth-order valence-corrected chi connectivity index (χ4v) is 2.96. The summed E-state index contributed by atoms with van der Waals surface area (Å²) in [5.74, 6) is 0. The molecule has 1 heterocycles. The smallest absolute Gasteiger partial charge is 0.0700 e. The zero-order chi connectivity index (χ0) is 13.1. The maximum atomic E-state index is 6.27. The zero-order valence-corrected chi connectivity index (χ0v) is 12.3. The monoisotopic (exact) mass is 287 g/mol. The Kier molecular flexibility index (Phi) is 4.91. The van der Waals surface area contributed by atoms with Crippen molar-refractivity contribution in [1.82, 2.24) is 5.32 Å². The zero-order valence-electron chi connectivity index (χ0n) is 10.7. The van der Waals surface area contributed by atoms with E-state index in [0.29, 0.717) is 11.1 Å². The summed E-state index contributed by atoms with van der Waals surface area (Å²) < 4.78 is 5.58. The Balaban J connectivity index is 2.12. The number of halogens is 2. The van der Waals surface area contributed by atoms with Crippen molar-refractivity contribution in [1.29, 1.82) is 0 Å². The molecule has 0 aliphatic carbocycles. The molecule has 2 rings (SSSR count). The van der Waals surface area contributed by atoms with Crippen LogP contribution in [0.2, 0.25) is 10.0 Å². The molecule has 1 aromatic rings. The molecule has 1 aliphatic rings. The average molecular weight is 288 g/mol. The minimum Gasteiger partial charge on any atom is -0.377 e. The summed E-state index contributed by atoms with van der Waals surface area (Å²) in [6.45, 7) is 5.10. The van der Waals surface area contributed by atoms with Gasteiger partial charge in [0.05, 0.1) is 6.10 Å². The molecule has 0 bridgehead atoms. The third-order valence-corrected chi connectivity index (χ3v) is 4.10. The largest absolute Gasteiger partial charge is 0.377 e. The van der Waals surface area contributed by atoms with Gasteiger partial charge < -0.3 is 10.1 Å². The maximum absolute atomic E-state index is 6.27. The van der Waals surface area contributed by atoms with Crippen LogP contribution in [-0.2, 0) is 4.74 Å². The highest BCUT2D eigenvalue weighted by molar-refractivity contribution is 6.35. The number of nitrogens with one attached hydrogen (secondary N) is 1. The summed E-state index contributed by atoms with van der Waals surface area (Å²) in [5.41, 5.74) is 1.11. The van der Waals surface area contributed by atoms with E-state index in [0.717, 1.165) is 30.0 Å². The Hall–Kier alpha value is -0.280. The lowest BCUT2D eigenvalue weighted by atomic mass is 10.0. The van der Waals surface area contributed by atoms with Crippen LogP contribution < -0.4 is 5.32 Å². The fourth-order valence-electron chi connectivity index (χ4n) is 2.42. The lowest BCUT2D eigenvalue weighted by Crippen LogP contribution is -2.37. The lowest BCUT2D eigenvalue weighted by molar-refractivity contribution is 0.110. The van der Waals surface area contributed by atoms with E-state index in [9.17, 15) is 0 Å². The van der Waals surface area contributed by atoms with Crippen LogP contribution in [0.5, 0.6) is 0 Å². The standard InChI is InChI=1S/C14H19Cl2NO/c1-3-13(17-14-6-7-18-9(14)2)11-5-4-10(15)8-12(11)16/h4-5,8-9,13-14,17H,3,6-7H2,1-2H3. The van der Waals surface area contributed by atoms with Crippen LogP contribution in [0.1, 0.15) is 38.3 Å². The molecule has 1 fully saturated rings. The van der Waals surface area contributed by atoms with Crippen LogP contribution in [0.15, 0.2) is 18.2 Å². The topological polar surface area (TPSA) is 21.3 Å². The molecule has 0 amide bonds. The molecule has 1 saturated heterocycles. The summed E-state index contributed by atoms with van der Waals surface area (Å²) in [4.78, 5) is 0. The summed E-state index contributed by atoms with van der Waals surface area (Å²) >= 11 is 12.2. The molecule has 18 heavy (non-hydrogen) atoms. The van der Waals surface area contributed by atoms with E-state index in [1.807, 2.05) is 12.1 Å². The Bertz CT molecular complexity index is 411. The number of benzene rings is 1. The molecular formula is C14H19Cl2NO. The van der Waals surface area contributed by atoms with Crippen LogP contribution in [-0.4, -0.2) is 18.8 Å². The minimum absolute atomic E-state index is 0.254. The summed E-state index contributed by atoms with van der Waals surface area (Å²) in [6, 6.07) is 6.36. The van der Waals surface area contributed by atoms with Crippen LogP contribution in [0, 0.1) is 0 Å². The van der Waals surface area contributed by atoms with Crippen LogP contribution >= 0.6 is 23.2 Å². The second kappa shape index (κ2) is 6.25. The van der Waals surface area contributed by atoms with Gasteiger partial charge >= 0.3 is 0 Å². The van der Waals surface area contributed by atoms with E-state index in [1.165, 1.54) is 0 Å². The van der Waals surface area contributed by atoms with Gasteiger partial charge in [0.2, 0.25) is 0 Å². The highest BCUT2D eigenvalue weighted by atomic mass is 35.5. The van der Waals surface area contributed by atoms with E-state index >= 15 is 0 Å². The van der Waals surface area contributed by atoms with Gasteiger partial charge in [-0.05, 0) is 37.5 Å². The van der Waals surface area contributed by atoms with Crippen molar-refractivity contribution in [2.45, 2.75) is 44.9 Å². The fraction of sp³-hybridized carbons (Fsp3) is 0.571. The minimum atomic E-state index is 0.254. The third kappa shape index (κ3) is 3.18. The first-order valence-corrected chi connectivity index (χ1v) is 7.20. The Labute approximate surface area is 119 Å². The average Bonchev–Trinajstić information content (AvgIpc) is 2.73. The molecular weight excluding hydrogens is 269 g/mol. The first-order valence-electron chi connectivity index (χ1n) is 6.44. The second-order valence-corrected chi connectivity index (χ2v) is 5.61. The van der Waals surface area contributed by atoms with Gasteiger partial charge in [0.1, 0.15) is 0 Å². The Morgan fingerprint density at radius 2 is 2.22 bits per heavy atom. The van der Waals surface area contributed by atoms with Crippen molar-refractivity contribution in [3.8, 4) is 0 Å². The molecule has 100 valence electrons. The quantitative estimate of drug-likeness (QED) is 0.896. The molecule has 1 N–H and O–H groups in total. The van der Waals surface area contributed by atoms with Gasteiger partial charge in [0.25, 0.3) is 0 Å². The summed E-state index contributed by atoms with van der Waals surface area (Å²) in [6.07, 6.45) is 2.32. The van der Waals surface area contributed by atoms with Crippen molar-refractivity contribution in [2.24, 2.45) is 0 Å². The van der Waals surface area contributed by atoms with E-state index in [-0.39, 0.29) is 12.1 Å². The SMILES string of the molecule is CCC(NC1CCOC1C)c1ccc(Cl)cc1Cl. The lowest BCUT2D eigenvalue weighted by Gasteiger charge is -2.25. The van der Waals surface area contributed by atoms with Crippen molar-refractivity contribution in [2.75, 3.05) is 6.61 Å². The molecule has 3 unspecified atom stereocenters. The van der Waals surface area contributed by atoms with E-state index in [2.05, 4.69) is 19.2 Å². The van der Waals surface area contributed by atoms with Gasteiger partial charge in [-0.2, -0.15) is 0 Å². The number of rotatable bonds is 4. The Morgan fingerprint density at radius 1 is 1.44 bits per heavy atom. The van der Waals surface area contributed by atoms with E-state index < -0.39 is 0 Å². The van der Waals surface area contributed by atoms with Gasteiger partial charge in [0.15, 0.2) is 0 Å². The van der Waals surface area contributed by atoms with Gasteiger partial charge in [0, 0.05) is 28.7 Å². The molecule has 4 heteroatoms. The third-order valence-electron chi connectivity index (χ3n) is 3.54. The normalized spacial score (nSPS) is 25.3. The van der Waals surface area contributed by atoms with E-state index in [4.69, 9.17) is 27.9 Å². The van der Waals surface area contributed by atoms with Crippen molar-refractivity contribution in [3.05, 3.63) is 33.8 Å². The molecule has 1 aromatic carbocycles. The van der Waals surface area contributed by atoms with E-state index in [1.54, 1.807) is 6.07 Å². The molecule has 0 spiro atoms. The summed E-state index contributed by atoms with van der Waals surface area (Å²) in [7, 11) is 0. The van der Waals surface area contributed by atoms with Crippen LogP contribution in [0.4, 0.5) is 0 Å². The summed E-state index contributed by atoms with van der Waals surface area (Å²) in [5, 5.41) is 5.05. The maximum Gasteiger partial charge on any atom is 0.0700 e. The first-order chi connectivity index (χ1) is 8.61. The number of hydrogen-bond donors (Lipinski definition) is 1. The highest BCUT2D eigenvalue weighted by Crippen LogP contribution is 2.29. The predicted molar refractivity (Wildman–Crippen MR) is 76.4 cm³/mol. The van der Waals surface area contributed by atoms with Gasteiger partial charge in [-0.1, -0.05) is 36.2 Å². The van der Waals surface area contributed by atoms with Crippen LogP contribution in [0.25, 0.3) is 0 Å². The molecule has 1 aliphatic heterocycles. The molecule has 0 aromatic heterocycles. The van der Waals surface area contributed by atoms with Crippen molar-refractivity contribution < 1.29 is 4.74 Å². The highest BCUT2D eigenvalue weighted by Gasteiger charge is 2.27.